The first kappa shape index (κ1) is 21.1. The fourth-order valence-corrected chi connectivity index (χ4v) is 8.09. The van der Waals surface area contributed by atoms with Crippen molar-refractivity contribution in [2.24, 2.45) is 0 Å². The van der Waals surface area contributed by atoms with Crippen molar-refractivity contribution in [2.75, 3.05) is 7.11 Å². The molecule has 6 rings (SSSR count). The van der Waals surface area contributed by atoms with Crippen LogP contribution in [0.2, 0.25) is 0 Å². The minimum absolute atomic E-state index is 0.666. The molecule has 1 unspecified atom stereocenters. The molecular weight excluding hydrogens is 441 g/mol. The van der Waals surface area contributed by atoms with Gasteiger partial charge in [0.1, 0.15) is 11.5 Å². The van der Waals surface area contributed by atoms with Crippen LogP contribution in [0, 0.1) is 13.8 Å². The first-order valence-electron chi connectivity index (χ1n) is 11.6. The lowest BCUT2D eigenvalue weighted by molar-refractivity contribution is 0.415. The van der Waals surface area contributed by atoms with Crippen molar-refractivity contribution >= 4 is 39.8 Å². The molecule has 0 saturated heterocycles. The van der Waals surface area contributed by atoms with Crippen molar-refractivity contribution in [2.45, 2.75) is 27.3 Å². The van der Waals surface area contributed by atoms with Crippen molar-refractivity contribution in [3.63, 3.8) is 0 Å². The lowest BCUT2D eigenvalue weighted by atomic mass is 10.0. The summed E-state index contributed by atoms with van der Waals surface area (Å²) in [5.41, 5.74) is 6.35. The van der Waals surface area contributed by atoms with Gasteiger partial charge in [0.05, 0.1) is 23.2 Å². The van der Waals surface area contributed by atoms with Crippen molar-refractivity contribution in [1.82, 2.24) is 4.57 Å². The van der Waals surface area contributed by atoms with E-state index < -0.39 is 7.37 Å². The summed E-state index contributed by atoms with van der Waals surface area (Å²) in [6, 6.07) is 24.0. The minimum Gasteiger partial charge on any atom is -0.497 e. The van der Waals surface area contributed by atoms with Gasteiger partial charge in [0, 0.05) is 28.4 Å². The molecule has 1 aliphatic heterocycles. The summed E-state index contributed by atoms with van der Waals surface area (Å²) in [6.07, 6.45) is 0. The van der Waals surface area contributed by atoms with Gasteiger partial charge < -0.3 is 13.8 Å². The second kappa shape index (κ2) is 7.51. The van der Waals surface area contributed by atoms with Gasteiger partial charge in [-0.05, 0) is 73.9 Å². The maximum Gasteiger partial charge on any atom is 0.307 e. The molecule has 4 nitrogen and oxygen atoms in total. The third-order valence-corrected chi connectivity index (χ3v) is 9.59. The van der Waals surface area contributed by atoms with Gasteiger partial charge >= 0.3 is 7.37 Å². The summed E-state index contributed by atoms with van der Waals surface area (Å²) in [6.45, 7) is 7.17. The molecule has 1 aliphatic rings. The second-order valence-electron chi connectivity index (χ2n) is 8.84. The van der Waals surface area contributed by atoms with E-state index in [1.165, 1.54) is 5.52 Å². The van der Waals surface area contributed by atoms with Gasteiger partial charge in [-0.1, -0.05) is 36.4 Å². The third-order valence-electron chi connectivity index (χ3n) is 7.02. The Kier molecular flexibility index (Phi) is 4.65. The Morgan fingerprint density at radius 3 is 2.41 bits per heavy atom. The van der Waals surface area contributed by atoms with Crippen LogP contribution < -0.4 is 19.9 Å². The lowest BCUT2D eigenvalue weighted by Crippen LogP contribution is -2.27. The van der Waals surface area contributed by atoms with E-state index in [0.29, 0.717) is 5.75 Å². The highest BCUT2D eigenvalue weighted by molar-refractivity contribution is 7.75. The summed E-state index contributed by atoms with van der Waals surface area (Å²) in [4.78, 5) is 0. The van der Waals surface area contributed by atoms with Crippen molar-refractivity contribution in [1.29, 1.82) is 0 Å². The highest BCUT2D eigenvalue weighted by Crippen LogP contribution is 2.55. The molecule has 4 aromatic carbocycles. The van der Waals surface area contributed by atoms with Gasteiger partial charge in [-0.25, -0.2) is 0 Å². The molecule has 0 aliphatic carbocycles. The third kappa shape index (κ3) is 2.75. The monoisotopic (exact) mass is 467 g/mol. The number of methoxy groups -OCH3 is 1. The Morgan fingerprint density at radius 2 is 1.65 bits per heavy atom. The van der Waals surface area contributed by atoms with Gasteiger partial charge in [-0.2, -0.15) is 0 Å². The van der Waals surface area contributed by atoms with E-state index in [-0.39, 0.29) is 0 Å². The average Bonchev–Trinajstić information content (AvgIpc) is 3.20. The summed E-state index contributed by atoms with van der Waals surface area (Å²) < 4.78 is 29.2. The molecule has 34 heavy (non-hydrogen) atoms. The van der Waals surface area contributed by atoms with Crippen LogP contribution in [-0.2, 0) is 11.1 Å². The van der Waals surface area contributed by atoms with E-state index in [4.69, 9.17) is 9.26 Å². The van der Waals surface area contributed by atoms with Gasteiger partial charge in [-0.3, -0.25) is 4.57 Å². The first-order valence-corrected chi connectivity index (χ1v) is 13.2. The average molecular weight is 468 g/mol. The zero-order chi connectivity index (χ0) is 23.6. The van der Waals surface area contributed by atoms with Crippen LogP contribution in [0.1, 0.15) is 18.1 Å². The highest BCUT2D eigenvalue weighted by Gasteiger charge is 2.39. The fraction of sp³-hybridized carbons (Fsp3) is 0.172. The first-order chi connectivity index (χ1) is 16.5. The number of hydrogen-bond donors (Lipinski definition) is 0. The molecule has 0 amide bonds. The standard InChI is InChI=1S/C29H26NO3P/c1-5-30-24-15-14-20(32-4)17-23(24)28-19(3)27(16-18(2)29(28)30)34(31)26-13-9-7-11-22(26)21-10-6-8-12-25(21)33-34/h6-17H,5H2,1-4H3. The van der Waals surface area contributed by atoms with Gasteiger partial charge in [0.15, 0.2) is 0 Å². The molecule has 2 heterocycles. The smallest absolute Gasteiger partial charge is 0.307 e. The summed E-state index contributed by atoms with van der Waals surface area (Å²) >= 11 is 0. The Morgan fingerprint density at radius 1 is 0.912 bits per heavy atom. The van der Waals surface area contributed by atoms with Crippen molar-refractivity contribution in [3.05, 3.63) is 83.9 Å². The second-order valence-corrected chi connectivity index (χ2v) is 11.1. The number of rotatable bonds is 3. The molecule has 0 N–H and O–H groups in total. The van der Waals surface area contributed by atoms with E-state index in [1.807, 2.05) is 54.6 Å². The van der Waals surface area contributed by atoms with Crippen LogP contribution in [0.4, 0.5) is 0 Å². The Labute approximate surface area is 199 Å². The van der Waals surface area contributed by atoms with Crippen molar-refractivity contribution in [3.8, 4) is 22.6 Å². The SMILES string of the molecule is CCn1c2ccc(OC)cc2c2c(C)c(P3(=O)Oc4ccccc4-c4ccccc43)cc(C)c21. The molecule has 0 fully saturated rings. The topological polar surface area (TPSA) is 40.5 Å². The van der Waals surface area contributed by atoms with Crippen LogP contribution in [0.3, 0.4) is 0 Å². The zero-order valence-electron chi connectivity index (χ0n) is 19.8. The Balaban J connectivity index is 1.72. The Bertz CT molecular complexity index is 1660. The summed E-state index contributed by atoms with van der Waals surface area (Å²) in [5.74, 6) is 1.48. The number of benzene rings is 4. The molecule has 0 saturated carbocycles. The van der Waals surface area contributed by atoms with E-state index in [0.717, 1.165) is 61.4 Å². The normalized spacial score (nSPS) is 16.8. The molecule has 0 bridgehead atoms. The molecule has 5 heteroatoms. The van der Waals surface area contributed by atoms with E-state index in [2.05, 4.69) is 43.5 Å². The zero-order valence-corrected chi connectivity index (χ0v) is 20.6. The van der Waals surface area contributed by atoms with E-state index in [9.17, 15) is 4.57 Å². The van der Waals surface area contributed by atoms with Crippen LogP contribution in [0.15, 0.2) is 72.8 Å². The number of aromatic nitrogens is 1. The van der Waals surface area contributed by atoms with Gasteiger partial charge in [0.25, 0.3) is 0 Å². The number of ether oxygens (including phenoxy) is 1. The number of aryl methyl sites for hydroxylation is 3. The van der Waals surface area contributed by atoms with Gasteiger partial charge in [0.2, 0.25) is 0 Å². The molecule has 5 aromatic rings. The Hall–Kier alpha value is -3.49. The van der Waals surface area contributed by atoms with Crippen molar-refractivity contribution < 1.29 is 13.8 Å². The lowest BCUT2D eigenvalue weighted by Gasteiger charge is -2.30. The molecule has 170 valence electrons. The summed E-state index contributed by atoms with van der Waals surface area (Å²) in [7, 11) is -1.71. The van der Waals surface area contributed by atoms with Crippen LogP contribution >= 0.6 is 7.37 Å². The van der Waals surface area contributed by atoms with E-state index >= 15 is 0 Å². The number of nitrogens with zero attached hydrogens (tertiary/aromatic N) is 1. The quantitative estimate of drug-likeness (QED) is 0.276. The largest absolute Gasteiger partial charge is 0.497 e. The number of hydrogen-bond acceptors (Lipinski definition) is 3. The number of para-hydroxylation sites is 1. The maximum absolute atomic E-state index is 14.9. The molecule has 0 spiro atoms. The molecule has 0 radical (unpaired) electrons. The van der Waals surface area contributed by atoms with Crippen LogP contribution in [0.25, 0.3) is 32.9 Å². The predicted molar refractivity (Wildman–Crippen MR) is 141 cm³/mol. The minimum atomic E-state index is -3.39. The fourth-order valence-electron chi connectivity index (χ4n) is 5.49. The van der Waals surface area contributed by atoms with Crippen LogP contribution in [0.5, 0.6) is 11.5 Å². The highest BCUT2D eigenvalue weighted by atomic mass is 31.2. The van der Waals surface area contributed by atoms with Crippen LogP contribution in [-0.4, -0.2) is 11.7 Å². The maximum atomic E-state index is 14.9. The van der Waals surface area contributed by atoms with Gasteiger partial charge in [-0.15, -0.1) is 0 Å². The molecule has 1 atom stereocenters. The number of fused-ring (bicyclic) bond motifs is 6. The predicted octanol–water partition coefficient (Wildman–Crippen LogP) is 6.73. The molecule has 1 aromatic heterocycles. The van der Waals surface area contributed by atoms with E-state index in [1.54, 1.807) is 7.11 Å². The summed E-state index contributed by atoms with van der Waals surface area (Å²) in [5, 5.41) is 3.74. The molecular formula is C29H26NO3P.